The minimum absolute atomic E-state index is 0.283. The lowest BCUT2D eigenvalue weighted by Crippen LogP contribution is -2.37. The minimum Gasteiger partial charge on any atom is -0.354 e. The van der Waals surface area contributed by atoms with Gasteiger partial charge in [-0.3, -0.25) is 4.79 Å². The quantitative estimate of drug-likeness (QED) is 0.737. The summed E-state index contributed by atoms with van der Waals surface area (Å²) in [5.74, 6) is 1.24. The topological polar surface area (TPSA) is 29.1 Å². The van der Waals surface area contributed by atoms with Gasteiger partial charge in [0.15, 0.2) is 0 Å². The zero-order valence-electron chi connectivity index (χ0n) is 9.68. The standard InChI is InChI=1S/C12H23NO/c1-4-6-10-7-5-8-11(10)12(14)13-9(2)3/h9-11H,4-8H2,1-3H3,(H,13,14)/t10?,11-/m0/s1. The minimum atomic E-state index is 0.283. The molecule has 0 aromatic rings. The van der Waals surface area contributed by atoms with E-state index in [9.17, 15) is 4.79 Å². The van der Waals surface area contributed by atoms with Crippen molar-refractivity contribution in [1.29, 1.82) is 0 Å². The maximum Gasteiger partial charge on any atom is 0.223 e. The molecule has 1 aliphatic carbocycles. The molecule has 0 aromatic heterocycles. The van der Waals surface area contributed by atoms with Gasteiger partial charge >= 0.3 is 0 Å². The molecule has 1 rings (SSSR count). The Morgan fingerprint density at radius 1 is 1.43 bits per heavy atom. The summed E-state index contributed by atoms with van der Waals surface area (Å²) in [5, 5.41) is 3.03. The van der Waals surface area contributed by atoms with Crippen LogP contribution in [-0.2, 0) is 4.79 Å². The highest BCUT2D eigenvalue weighted by molar-refractivity contribution is 5.79. The van der Waals surface area contributed by atoms with Crippen LogP contribution in [0.2, 0.25) is 0 Å². The van der Waals surface area contributed by atoms with Crippen molar-refractivity contribution >= 4 is 5.91 Å². The molecular formula is C12H23NO. The summed E-state index contributed by atoms with van der Waals surface area (Å²) in [6.45, 7) is 6.26. The van der Waals surface area contributed by atoms with Gasteiger partial charge in [-0.15, -0.1) is 0 Å². The molecule has 0 radical (unpaired) electrons. The molecule has 2 atom stereocenters. The number of hydrogen-bond acceptors (Lipinski definition) is 1. The van der Waals surface area contributed by atoms with Crippen LogP contribution in [0.4, 0.5) is 0 Å². The molecule has 2 heteroatoms. The lowest BCUT2D eigenvalue weighted by atomic mass is 9.91. The van der Waals surface area contributed by atoms with E-state index in [0.717, 1.165) is 6.42 Å². The van der Waals surface area contributed by atoms with Crippen LogP contribution < -0.4 is 5.32 Å². The van der Waals surface area contributed by atoms with Crippen LogP contribution in [0.25, 0.3) is 0 Å². The zero-order chi connectivity index (χ0) is 10.6. The molecule has 0 heterocycles. The first-order valence-electron chi connectivity index (χ1n) is 5.95. The number of hydrogen-bond donors (Lipinski definition) is 1. The molecule has 1 fully saturated rings. The fourth-order valence-electron chi connectivity index (χ4n) is 2.49. The molecular weight excluding hydrogens is 174 g/mol. The number of carbonyl (C=O) groups excluding carboxylic acids is 1. The van der Waals surface area contributed by atoms with E-state index in [2.05, 4.69) is 12.2 Å². The highest BCUT2D eigenvalue weighted by Crippen LogP contribution is 2.34. The highest BCUT2D eigenvalue weighted by atomic mass is 16.1. The van der Waals surface area contributed by atoms with E-state index in [0.29, 0.717) is 11.8 Å². The molecule has 2 nitrogen and oxygen atoms in total. The third kappa shape index (κ3) is 3.00. The van der Waals surface area contributed by atoms with Crippen molar-refractivity contribution in [3.8, 4) is 0 Å². The van der Waals surface area contributed by atoms with Crippen molar-refractivity contribution in [2.45, 2.75) is 58.9 Å². The summed E-state index contributed by atoms with van der Waals surface area (Å²) in [4.78, 5) is 11.8. The van der Waals surface area contributed by atoms with Crippen molar-refractivity contribution in [2.75, 3.05) is 0 Å². The molecule has 1 aliphatic rings. The van der Waals surface area contributed by atoms with Crippen molar-refractivity contribution in [2.24, 2.45) is 11.8 Å². The van der Waals surface area contributed by atoms with E-state index >= 15 is 0 Å². The Bertz CT molecular complexity index is 189. The first-order chi connectivity index (χ1) is 6.65. The van der Waals surface area contributed by atoms with Crippen molar-refractivity contribution in [3.05, 3.63) is 0 Å². The van der Waals surface area contributed by atoms with Crippen molar-refractivity contribution in [3.63, 3.8) is 0 Å². The summed E-state index contributed by atoms with van der Waals surface area (Å²) in [6.07, 6.45) is 6.01. The summed E-state index contributed by atoms with van der Waals surface area (Å²) < 4.78 is 0. The summed E-state index contributed by atoms with van der Waals surface area (Å²) >= 11 is 0. The van der Waals surface area contributed by atoms with Gasteiger partial charge in [-0.05, 0) is 39.0 Å². The van der Waals surface area contributed by atoms with E-state index < -0.39 is 0 Å². The molecule has 0 saturated heterocycles. The van der Waals surface area contributed by atoms with Crippen LogP contribution >= 0.6 is 0 Å². The molecule has 1 unspecified atom stereocenters. The normalized spacial score (nSPS) is 26.9. The van der Waals surface area contributed by atoms with Crippen LogP contribution in [-0.4, -0.2) is 11.9 Å². The Hall–Kier alpha value is -0.530. The average molecular weight is 197 g/mol. The predicted molar refractivity (Wildman–Crippen MR) is 59.0 cm³/mol. The summed E-state index contributed by atoms with van der Waals surface area (Å²) in [5.41, 5.74) is 0. The molecule has 0 aromatic carbocycles. The smallest absolute Gasteiger partial charge is 0.223 e. The second-order valence-electron chi connectivity index (χ2n) is 4.75. The van der Waals surface area contributed by atoms with E-state index in [1.807, 2.05) is 13.8 Å². The molecule has 1 saturated carbocycles. The number of amides is 1. The van der Waals surface area contributed by atoms with E-state index in [4.69, 9.17) is 0 Å². The average Bonchev–Trinajstić information content (AvgIpc) is 2.51. The van der Waals surface area contributed by atoms with Gasteiger partial charge in [-0.2, -0.15) is 0 Å². The number of carbonyl (C=O) groups is 1. The largest absolute Gasteiger partial charge is 0.354 e. The van der Waals surface area contributed by atoms with Gasteiger partial charge in [0, 0.05) is 12.0 Å². The van der Waals surface area contributed by atoms with E-state index in [1.165, 1.54) is 25.7 Å². The molecule has 0 bridgehead atoms. The van der Waals surface area contributed by atoms with Crippen LogP contribution in [0.1, 0.15) is 52.9 Å². The van der Waals surface area contributed by atoms with Crippen LogP contribution in [0.5, 0.6) is 0 Å². The monoisotopic (exact) mass is 197 g/mol. The van der Waals surface area contributed by atoms with Gasteiger partial charge in [-0.25, -0.2) is 0 Å². The Morgan fingerprint density at radius 2 is 2.14 bits per heavy atom. The fourth-order valence-corrected chi connectivity index (χ4v) is 2.49. The maximum absolute atomic E-state index is 11.8. The Morgan fingerprint density at radius 3 is 2.71 bits per heavy atom. The second kappa shape index (κ2) is 5.38. The second-order valence-corrected chi connectivity index (χ2v) is 4.75. The number of nitrogens with one attached hydrogen (secondary N) is 1. The molecule has 14 heavy (non-hydrogen) atoms. The first kappa shape index (κ1) is 11.5. The third-order valence-corrected chi connectivity index (χ3v) is 3.09. The molecule has 1 amide bonds. The Balaban J connectivity index is 2.44. The summed E-state index contributed by atoms with van der Waals surface area (Å²) in [6, 6.07) is 0.283. The van der Waals surface area contributed by atoms with Crippen LogP contribution in [0, 0.1) is 11.8 Å². The van der Waals surface area contributed by atoms with Gasteiger partial charge < -0.3 is 5.32 Å². The molecule has 0 spiro atoms. The van der Waals surface area contributed by atoms with Gasteiger partial charge in [0.05, 0.1) is 0 Å². The van der Waals surface area contributed by atoms with E-state index in [-0.39, 0.29) is 11.9 Å². The van der Waals surface area contributed by atoms with Crippen molar-refractivity contribution in [1.82, 2.24) is 5.32 Å². The zero-order valence-corrected chi connectivity index (χ0v) is 9.68. The predicted octanol–water partition coefficient (Wildman–Crippen LogP) is 2.73. The van der Waals surface area contributed by atoms with Crippen molar-refractivity contribution < 1.29 is 4.79 Å². The molecule has 1 N–H and O–H groups in total. The SMILES string of the molecule is CCCC1CCC[C@@H]1C(=O)NC(C)C. The Kier molecular flexibility index (Phi) is 4.43. The van der Waals surface area contributed by atoms with Gasteiger partial charge in [0.2, 0.25) is 5.91 Å². The lowest BCUT2D eigenvalue weighted by Gasteiger charge is -2.19. The molecule has 0 aliphatic heterocycles. The molecule has 82 valence electrons. The first-order valence-corrected chi connectivity index (χ1v) is 5.95. The maximum atomic E-state index is 11.8. The van der Waals surface area contributed by atoms with Gasteiger partial charge in [0.25, 0.3) is 0 Å². The van der Waals surface area contributed by atoms with E-state index in [1.54, 1.807) is 0 Å². The lowest BCUT2D eigenvalue weighted by molar-refractivity contribution is -0.126. The fraction of sp³-hybridized carbons (Fsp3) is 0.917. The van der Waals surface area contributed by atoms with Gasteiger partial charge in [-0.1, -0.05) is 19.8 Å². The van der Waals surface area contributed by atoms with Crippen LogP contribution in [0.15, 0.2) is 0 Å². The highest BCUT2D eigenvalue weighted by Gasteiger charge is 2.32. The summed E-state index contributed by atoms with van der Waals surface area (Å²) in [7, 11) is 0. The number of rotatable bonds is 4. The third-order valence-electron chi connectivity index (χ3n) is 3.09. The van der Waals surface area contributed by atoms with Gasteiger partial charge in [0.1, 0.15) is 0 Å². The van der Waals surface area contributed by atoms with Crippen LogP contribution in [0.3, 0.4) is 0 Å². The Labute approximate surface area is 87.5 Å².